The van der Waals surface area contributed by atoms with Crippen LogP contribution in [0.4, 0.5) is 11.4 Å². The van der Waals surface area contributed by atoms with E-state index < -0.39 is 15.9 Å². The van der Waals surface area contributed by atoms with Crippen molar-refractivity contribution in [3.8, 4) is 0 Å². The first-order chi connectivity index (χ1) is 14.3. The maximum Gasteiger partial charge on any atom is 0.243 e. The molecule has 1 aliphatic heterocycles. The van der Waals surface area contributed by atoms with Gasteiger partial charge in [-0.25, -0.2) is 8.42 Å². The maximum atomic E-state index is 12.7. The molecular weight excluding hydrogens is 402 g/mol. The number of hydrogen-bond donors (Lipinski definition) is 1. The number of likely N-dealkylation sites (N-methyl/N-ethyl adjacent to an activating group) is 1. The van der Waals surface area contributed by atoms with E-state index in [1.54, 1.807) is 0 Å². The SMILES string of the molecule is CC(=O)c1ccc(S(=O)(=O)N(C)CC(=O)Nc2ccc(N3CCCCC3)cc2)cc1. The lowest BCUT2D eigenvalue weighted by Crippen LogP contribution is -2.35. The molecular formula is C22H27N3O4S. The van der Waals surface area contributed by atoms with Gasteiger partial charge in [-0.2, -0.15) is 4.31 Å². The van der Waals surface area contributed by atoms with Gasteiger partial charge in [0.05, 0.1) is 11.4 Å². The number of nitrogens with zero attached hydrogens (tertiary/aromatic N) is 2. The van der Waals surface area contributed by atoms with E-state index in [1.807, 2.05) is 24.3 Å². The third-order valence-electron chi connectivity index (χ3n) is 5.21. The van der Waals surface area contributed by atoms with Crippen LogP contribution in [0.1, 0.15) is 36.5 Å². The van der Waals surface area contributed by atoms with Gasteiger partial charge in [0.1, 0.15) is 0 Å². The third kappa shape index (κ3) is 5.25. The van der Waals surface area contributed by atoms with Gasteiger partial charge in [-0.1, -0.05) is 12.1 Å². The lowest BCUT2D eigenvalue weighted by molar-refractivity contribution is -0.116. The molecule has 1 saturated heterocycles. The number of sulfonamides is 1. The van der Waals surface area contributed by atoms with E-state index in [-0.39, 0.29) is 17.2 Å². The maximum absolute atomic E-state index is 12.7. The summed E-state index contributed by atoms with van der Waals surface area (Å²) >= 11 is 0. The van der Waals surface area contributed by atoms with Crippen LogP contribution in [0, 0.1) is 0 Å². The second kappa shape index (κ2) is 9.40. The van der Waals surface area contributed by atoms with Crippen LogP contribution in [0.2, 0.25) is 0 Å². The van der Waals surface area contributed by atoms with Gasteiger partial charge in [0.25, 0.3) is 0 Å². The number of Topliss-reactive ketones (excluding diaryl/α,β-unsaturated/α-hetero) is 1. The molecule has 0 saturated carbocycles. The molecule has 1 amide bonds. The standard InChI is InChI=1S/C22H27N3O4S/c1-17(26)18-6-12-21(13-7-18)30(28,29)24(2)16-22(27)23-19-8-10-20(11-9-19)25-14-4-3-5-15-25/h6-13H,3-5,14-16H2,1-2H3,(H,23,27). The summed E-state index contributed by atoms with van der Waals surface area (Å²) in [5, 5.41) is 2.74. The molecule has 0 atom stereocenters. The summed E-state index contributed by atoms with van der Waals surface area (Å²) in [6.07, 6.45) is 3.65. The Morgan fingerprint density at radius 2 is 1.57 bits per heavy atom. The van der Waals surface area contributed by atoms with Gasteiger partial charge in [-0.15, -0.1) is 0 Å². The number of hydrogen-bond acceptors (Lipinski definition) is 5. The molecule has 0 radical (unpaired) electrons. The molecule has 3 rings (SSSR count). The number of piperidine rings is 1. The largest absolute Gasteiger partial charge is 0.372 e. The number of carbonyl (C=O) groups is 2. The monoisotopic (exact) mass is 429 g/mol. The lowest BCUT2D eigenvalue weighted by atomic mass is 10.1. The van der Waals surface area contributed by atoms with Crippen molar-refractivity contribution in [1.82, 2.24) is 4.31 Å². The van der Waals surface area contributed by atoms with Crippen LogP contribution in [-0.4, -0.2) is 51.1 Å². The van der Waals surface area contributed by atoms with Crippen LogP contribution in [0.25, 0.3) is 0 Å². The zero-order valence-electron chi connectivity index (χ0n) is 17.3. The van der Waals surface area contributed by atoms with E-state index in [9.17, 15) is 18.0 Å². The molecule has 1 fully saturated rings. The number of benzene rings is 2. The Morgan fingerprint density at radius 1 is 0.967 bits per heavy atom. The van der Waals surface area contributed by atoms with E-state index in [1.165, 1.54) is 57.5 Å². The normalized spacial score (nSPS) is 14.6. The van der Waals surface area contributed by atoms with E-state index in [0.717, 1.165) is 23.1 Å². The van der Waals surface area contributed by atoms with Gasteiger partial charge in [-0.05, 0) is 62.6 Å². The van der Waals surface area contributed by atoms with Crippen LogP contribution in [0.3, 0.4) is 0 Å². The molecule has 1 N–H and O–H groups in total. The summed E-state index contributed by atoms with van der Waals surface area (Å²) in [5.41, 5.74) is 2.18. The molecule has 1 aliphatic rings. The van der Waals surface area contributed by atoms with Gasteiger partial charge in [0.2, 0.25) is 15.9 Å². The average Bonchev–Trinajstić information content (AvgIpc) is 2.74. The van der Waals surface area contributed by atoms with Crippen molar-refractivity contribution in [3.63, 3.8) is 0 Å². The quantitative estimate of drug-likeness (QED) is 0.684. The topological polar surface area (TPSA) is 86.8 Å². The van der Waals surface area contributed by atoms with E-state index in [2.05, 4.69) is 10.2 Å². The highest BCUT2D eigenvalue weighted by molar-refractivity contribution is 7.89. The number of amides is 1. The Labute approximate surface area is 177 Å². The molecule has 7 nitrogen and oxygen atoms in total. The van der Waals surface area contributed by atoms with Crippen molar-refractivity contribution in [3.05, 3.63) is 54.1 Å². The molecule has 160 valence electrons. The van der Waals surface area contributed by atoms with Crippen molar-refractivity contribution >= 4 is 33.1 Å². The smallest absolute Gasteiger partial charge is 0.243 e. The van der Waals surface area contributed by atoms with E-state index in [4.69, 9.17) is 0 Å². The van der Waals surface area contributed by atoms with Gasteiger partial charge in [0.15, 0.2) is 5.78 Å². The number of anilines is 2. The first-order valence-electron chi connectivity index (χ1n) is 9.99. The number of ketones is 1. The first kappa shape index (κ1) is 22.0. The average molecular weight is 430 g/mol. The van der Waals surface area contributed by atoms with Gasteiger partial charge in [0, 0.05) is 37.1 Å². The highest BCUT2D eigenvalue weighted by atomic mass is 32.2. The minimum atomic E-state index is -3.84. The number of rotatable bonds is 7. The summed E-state index contributed by atoms with van der Waals surface area (Å²) in [6.45, 7) is 3.19. The van der Waals surface area contributed by atoms with Gasteiger partial charge < -0.3 is 10.2 Å². The van der Waals surface area contributed by atoms with Crippen LogP contribution < -0.4 is 10.2 Å². The molecule has 2 aromatic carbocycles. The Hall–Kier alpha value is -2.71. The fourth-order valence-electron chi connectivity index (χ4n) is 3.44. The molecule has 0 unspecified atom stereocenters. The Kier molecular flexibility index (Phi) is 6.89. The van der Waals surface area contributed by atoms with Crippen LogP contribution in [0.15, 0.2) is 53.4 Å². The molecule has 0 spiro atoms. The second-order valence-corrected chi connectivity index (χ2v) is 9.53. The van der Waals surface area contributed by atoms with Gasteiger partial charge >= 0.3 is 0 Å². The molecule has 0 aliphatic carbocycles. The fraction of sp³-hybridized carbons (Fsp3) is 0.364. The number of nitrogens with one attached hydrogen (secondary N) is 1. The zero-order chi connectivity index (χ0) is 21.7. The summed E-state index contributed by atoms with van der Waals surface area (Å²) < 4.78 is 26.3. The molecule has 2 aromatic rings. The van der Waals surface area contributed by atoms with Crippen molar-refractivity contribution in [2.24, 2.45) is 0 Å². The van der Waals surface area contributed by atoms with Crippen molar-refractivity contribution < 1.29 is 18.0 Å². The van der Waals surface area contributed by atoms with Crippen LogP contribution in [-0.2, 0) is 14.8 Å². The van der Waals surface area contributed by atoms with E-state index >= 15 is 0 Å². The fourth-order valence-corrected chi connectivity index (χ4v) is 4.56. The molecule has 0 aromatic heterocycles. The highest BCUT2D eigenvalue weighted by Gasteiger charge is 2.23. The molecule has 30 heavy (non-hydrogen) atoms. The first-order valence-corrected chi connectivity index (χ1v) is 11.4. The van der Waals surface area contributed by atoms with E-state index in [0.29, 0.717) is 11.3 Å². The van der Waals surface area contributed by atoms with Crippen molar-refractivity contribution in [2.45, 2.75) is 31.1 Å². The summed E-state index contributed by atoms with van der Waals surface area (Å²) in [4.78, 5) is 26.1. The third-order valence-corrected chi connectivity index (χ3v) is 7.03. The highest BCUT2D eigenvalue weighted by Crippen LogP contribution is 2.22. The minimum absolute atomic E-state index is 0.0358. The number of carbonyl (C=O) groups excluding carboxylic acids is 2. The minimum Gasteiger partial charge on any atom is -0.372 e. The zero-order valence-corrected chi connectivity index (χ0v) is 18.1. The summed E-state index contributed by atoms with van der Waals surface area (Å²) in [5.74, 6) is -0.565. The van der Waals surface area contributed by atoms with Crippen molar-refractivity contribution in [2.75, 3.05) is 36.9 Å². The van der Waals surface area contributed by atoms with Gasteiger partial charge in [-0.3, -0.25) is 9.59 Å². The predicted molar refractivity (Wildman–Crippen MR) is 117 cm³/mol. The summed E-state index contributed by atoms with van der Waals surface area (Å²) in [7, 11) is -2.48. The Morgan fingerprint density at radius 3 is 2.13 bits per heavy atom. The molecule has 0 bridgehead atoms. The molecule has 8 heteroatoms. The Balaban J connectivity index is 1.60. The lowest BCUT2D eigenvalue weighted by Gasteiger charge is -2.28. The summed E-state index contributed by atoms with van der Waals surface area (Å²) in [6, 6.07) is 13.3. The molecule has 1 heterocycles. The van der Waals surface area contributed by atoms with Crippen molar-refractivity contribution in [1.29, 1.82) is 0 Å². The second-order valence-electron chi connectivity index (χ2n) is 7.48. The van der Waals surface area contributed by atoms with Crippen LogP contribution >= 0.6 is 0 Å². The predicted octanol–water partition coefficient (Wildman–Crippen LogP) is 3.14. The van der Waals surface area contributed by atoms with Crippen LogP contribution in [0.5, 0.6) is 0 Å². The Bertz CT molecular complexity index is 996.